The molecule has 1 aromatic heterocycles. The number of para-hydroxylation sites is 3. The van der Waals surface area contributed by atoms with Crippen LogP contribution in [0.2, 0.25) is 0 Å². The van der Waals surface area contributed by atoms with E-state index in [0.717, 1.165) is 41.6 Å². The van der Waals surface area contributed by atoms with Gasteiger partial charge in [-0.3, -0.25) is 0 Å². The van der Waals surface area contributed by atoms with E-state index in [1.54, 1.807) is 0 Å². The zero-order valence-electron chi connectivity index (χ0n) is 28.6. The standard InChI is InChI=1S/C47H36N4/c1-31-13-2-8-24-45-46(31)41-20-7-11-23-44(41)51(45)43-22-10-5-18-39(43)33-16-12-15-32(25-33)35-26-36(28-48)47(37(27-35)29-49)50-30-34-14-3-4-17-38(34)40-19-6-9-21-42(40)50/h2-12,14-15,17-23,25-27,31,33H,13,16,24,30H2,1H3. The largest absolute Gasteiger partial charge is 0.334 e. The van der Waals surface area contributed by atoms with E-state index in [2.05, 4.69) is 138 Å². The van der Waals surface area contributed by atoms with E-state index >= 15 is 0 Å². The fourth-order valence-corrected chi connectivity index (χ4v) is 8.63. The maximum atomic E-state index is 10.6. The normalized spacial score (nSPS) is 17.5. The lowest BCUT2D eigenvalue weighted by atomic mass is 9.85. The van der Waals surface area contributed by atoms with Gasteiger partial charge in [0.25, 0.3) is 0 Å². The molecule has 0 saturated heterocycles. The monoisotopic (exact) mass is 656 g/mol. The van der Waals surface area contributed by atoms with Crippen LogP contribution in [-0.4, -0.2) is 4.57 Å². The molecular formula is C47H36N4. The molecule has 2 unspecified atom stereocenters. The Balaban J connectivity index is 1.14. The average molecular weight is 657 g/mol. The van der Waals surface area contributed by atoms with E-state index in [1.165, 1.54) is 44.5 Å². The quantitative estimate of drug-likeness (QED) is 0.177. The Morgan fingerprint density at radius 3 is 2.24 bits per heavy atom. The highest BCUT2D eigenvalue weighted by Gasteiger charge is 2.29. The molecule has 0 radical (unpaired) electrons. The van der Waals surface area contributed by atoms with Crippen LogP contribution in [0.25, 0.3) is 33.3 Å². The van der Waals surface area contributed by atoms with Gasteiger partial charge in [0.15, 0.2) is 0 Å². The third-order valence-electron chi connectivity index (χ3n) is 10.9. The summed E-state index contributed by atoms with van der Waals surface area (Å²) in [6.07, 6.45) is 14.2. The lowest BCUT2D eigenvalue weighted by Gasteiger charge is -2.34. The van der Waals surface area contributed by atoms with E-state index in [1.807, 2.05) is 30.3 Å². The van der Waals surface area contributed by atoms with Gasteiger partial charge in [-0.15, -0.1) is 0 Å². The number of hydrogen-bond donors (Lipinski definition) is 0. The number of aromatic nitrogens is 1. The molecule has 3 aliphatic rings. The Kier molecular flexibility index (Phi) is 7.53. The zero-order chi connectivity index (χ0) is 34.5. The summed E-state index contributed by atoms with van der Waals surface area (Å²) in [7, 11) is 0. The molecule has 0 fully saturated rings. The number of fused-ring (bicyclic) bond motifs is 6. The van der Waals surface area contributed by atoms with Crippen molar-refractivity contribution >= 4 is 27.9 Å². The van der Waals surface area contributed by atoms with Gasteiger partial charge in [0.05, 0.1) is 22.3 Å². The van der Waals surface area contributed by atoms with Crippen LogP contribution in [-0.2, 0) is 13.0 Å². The minimum atomic E-state index is 0.123. The number of hydrogen-bond acceptors (Lipinski definition) is 3. The Bertz CT molecular complexity index is 2510. The second kappa shape index (κ2) is 12.5. The summed E-state index contributed by atoms with van der Waals surface area (Å²) < 4.78 is 2.50. The zero-order valence-corrected chi connectivity index (χ0v) is 28.6. The first-order valence-electron chi connectivity index (χ1n) is 17.8. The minimum Gasteiger partial charge on any atom is -0.334 e. The summed E-state index contributed by atoms with van der Waals surface area (Å²) in [5.41, 5.74) is 14.6. The van der Waals surface area contributed by atoms with E-state index in [4.69, 9.17) is 0 Å². The molecule has 6 aromatic rings. The van der Waals surface area contributed by atoms with Crippen LogP contribution in [0.5, 0.6) is 0 Å². The van der Waals surface area contributed by atoms with E-state index in [9.17, 15) is 10.5 Å². The van der Waals surface area contributed by atoms with E-state index in [0.29, 0.717) is 29.3 Å². The van der Waals surface area contributed by atoms with Crippen LogP contribution in [0.15, 0.2) is 140 Å². The lowest BCUT2D eigenvalue weighted by Crippen LogP contribution is -2.23. The Labute approximate surface area is 299 Å². The van der Waals surface area contributed by atoms with Gasteiger partial charge in [-0.05, 0) is 82.5 Å². The Hall–Kier alpha value is -6.36. The van der Waals surface area contributed by atoms with Crippen LogP contribution in [0.3, 0.4) is 0 Å². The van der Waals surface area contributed by atoms with Gasteiger partial charge in [-0.2, -0.15) is 10.5 Å². The molecule has 5 aromatic carbocycles. The maximum Gasteiger partial charge on any atom is 0.101 e. The number of nitriles is 2. The first kappa shape index (κ1) is 30.7. The van der Waals surface area contributed by atoms with Crippen LogP contribution >= 0.6 is 0 Å². The number of anilines is 2. The molecule has 2 heterocycles. The minimum absolute atomic E-state index is 0.123. The second-order valence-corrected chi connectivity index (χ2v) is 13.9. The van der Waals surface area contributed by atoms with Gasteiger partial charge in [0.1, 0.15) is 12.1 Å². The molecule has 9 rings (SSSR count). The van der Waals surface area contributed by atoms with Crippen molar-refractivity contribution < 1.29 is 0 Å². The molecule has 0 spiro atoms. The van der Waals surface area contributed by atoms with Crippen molar-refractivity contribution in [2.45, 2.75) is 44.6 Å². The molecule has 0 saturated carbocycles. The van der Waals surface area contributed by atoms with Crippen LogP contribution < -0.4 is 4.90 Å². The van der Waals surface area contributed by atoms with Crippen molar-refractivity contribution in [3.8, 4) is 29.0 Å². The Morgan fingerprint density at radius 1 is 0.706 bits per heavy atom. The molecule has 1 aliphatic heterocycles. The van der Waals surface area contributed by atoms with Gasteiger partial charge in [-0.1, -0.05) is 116 Å². The van der Waals surface area contributed by atoms with Crippen molar-refractivity contribution in [1.82, 2.24) is 4.57 Å². The lowest BCUT2D eigenvalue weighted by molar-refractivity contribution is 0.779. The number of allylic oxidation sites excluding steroid dienone is 6. The molecule has 0 N–H and O–H groups in total. The fourth-order valence-electron chi connectivity index (χ4n) is 8.63. The van der Waals surface area contributed by atoms with Crippen molar-refractivity contribution in [2.75, 3.05) is 4.90 Å². The number of nitrogens with zero attached hydrogens (tertiary/aromatic N) is 4. The van der Waals surface area contributed by atoms with Crippen molar-refractivity contribution in [1.29, 1.82) is 10.5 Å². The predicted octanol–water partition coefficient (Wildman–Crippen LogP) is 11.4. The first-order chi connectivity index (χ1) is 25.1. The highest BCUT2D eigenvalue weighted by molar-refractivity contribution is 5.91. The molecule has 0 amide bonds. The van der Waals surface area contributed by atoms with Crippen molar-refractivity contribution in [3.05, 3.63) is 179 Å². The molecule has 4 heteroatoms. The van der Waals surface area contributed by atoms with Crippen molar-refractivity contribution in [2.24, 2.45) is 0 Å². The highest BCUT2D eigenvalue weighted by atomic mass is 15.1. The summed E-state index contributed by atoms with van der Waals surface area (Å²) in [6, 6.07) is 43.2. The summed E-state index contributed by atoms with van der Waals surface area (Å²) in [5.74, 6) is 0.568. The summed E-state index contributed by atoms with van der Waals surface area (Å²) >= 11 is 0. The predicted molar refractivity (Wildman–Crippen MR) is 207 cm³/mol. The number of rotatable bonds is 4. The summed E-state index contributed by atoms with van der Waals surface area (Å²) in [5, 5.41) is 22.5. The van der Waals surface area contributed by atoms with Gasteiger partial charge < -0.3 is 9.47 Å². The molecule has 2 atom stereocenters. The maximum absolute atomic E-state index is 10.6. The number of benzene rings is 5. The smallest absolute Gasteiger partial charge is 0.101 e. The molecular weight excluding hydrogens is 621 g/mol. The SMILES string of the molecule is CC1CC=CCc2c1c1ccccc1n2-c1ccccc1C1C=C(c2cc(C#N)c(N3Cc4ccccc4-c4ccccc43)c(C#N)c2)C=CC1. The topological polar surface area (TPSA) is 55.8 Å². The van der Waals surface area contributed by atoms with Gasteiger partial charge >= 0.3 is 0 Å². The molecule has 51 heavy (non-hydrogen) atoms. The van der Waals surface area contributed by atoms with Crippen molar-refractivity contribution in [3.63, 3.8) is 0 Å². The second-order valence-electron chi connectivity index (χ2n) is 13.9. The molecule has 4 nitrogen and oxygen atoms in total. The molecule has 2 aliphatic carbocycles. The Morgan fingerprint density at radius 2 is 1.41 bits per heavy atom. The van der Waals surface area contributed by atoms with Gasteiger partial charge in [0, 0.05) is 46.9 Å². The molecule has 244 valence electrons. The average Bonchev–Trinajstić information content (AvgIpc) is 3.40. The highest BCUT2D eigenvalue weighted by Crippen LogP contribution is 2.46. The third kappa shape index (κ3) is 5.03. The molecule has 0 bridgehead atoms. The fraction of sp³-hybridized carbons (Fsp3) is 0.149. The van der Waals surface area contributed by atoms with Crippen LogP contribution in [0.4, 0.5) is 11.4 Å². The first-order valence-corrected chi connectivity index (χ1v) is 17.8. The van der Waals surface area contributed by atoms with Gasteiger partial charge in [0.2, 0.25) is 0 Å². The summed E-state index contributed by atoms with van der Waals surface area (Å²) in [6.45, 7) is 2.93. The summed E-state index contributed by atoms with van der Waals surface area (Å²) in [4.78, 5) is 2.14. The van der Waals surface area contributed by atoms with Crippen LogP contribution in [0.1, 0.15) is 70.7 Å². The third-order valence-corrected chi connectivity index (χ3v) is 10.9. The van der Waals surface area contributed by atoms with Crippen LogP contribution in [0, 0.1) is 22.7 Å². The van der Waals surface area contributed by atoms with E-state index in [-0.39, 0.29) is 5.92 Å². The van der Waals surface area contributed by atoms with Gasteiger partial charge in [-0.25, -0.2) is 0 Å². The van der Waals surface area contributed by atoms with E-state index < -0.39 is 0 Å².